The number of pyridine rings is 1. The van der Waals surface area contributed by atoms with E-state index in [9.17, 15) is 4.79 Å². The summed E-state index contributed by atoms with van der Waals surface area (Å²) in [6, 6.07) is 13.2. The molecule has 1 amide bonds. The third-order valence-corrected chi connectivity index (χ3v) is 3.59. The van der Waals surface area contributed by atoms with Crippen LogP contribution in [0, 0.1) is 0 Å². The third kappa shape index (κ3) is 3.43. The highest BCUT2D eigenvalue weighted by Gasteiger charge is 2.07. The lowest BCUT2D eigenvalue weighted by atomic mass is 10.1. The van der Waals surface area contributed by atoms with Crippen molar-refractivity contribution >= 4 is 23.2 Å². The van der Waals surface area contributed by atoms with E-state index in [1.807, 2.05) is 53.1 Å². The fraction of sp³-hybridized carbons (Fsp3) is 0.188. The molecule has 112 valence electrons. The molecular weight excluding hydrogens is 300 g/mol. The summed E-state index contributed by atoms with van der Waals surface area (Å²) in [4.78, 5) is 11.9. The van der Waals surface area contributed by atoms with Crippen molar-refractivity contribution in [2.45, 2.75) is 19.4 Å². The maximum atomic E-state index is 11.9. The third-order valence-electron chi connectivity index (χ3n) is 3.36. The number of hydrogen-bond acceptors (Lipinski definition) is 3. The van der Waals surface area contributed by atoms with Crippen molar-refractivity contribution in [3.05, 3.63) is 65.1 Å². The molecule has 5 nitrogen and oxygen atoms in total. The number of hydrogen-bond donors (Lipinski definition) is 1. The van der Waals surface area contributed by atoms with Crippen LogP contribution in [-0.2, 0) is 17.8 Å². The predicted octanol–water partition coefficient (Wildman–Crippen LogP) is 2.63. The minimum absolute atomic E-state index is 0.0207. The number of rotatable bonds is 5. The van der Waals surface area contributed by atoms with Gasteiger partial charge in [0.2, 0.25) is 5.91 Å². The topological polar surface area (TPSA) is 59.3 Å². The smallest absolute Gasteiger partial charge is 0.220 e. The quantitative estimate of drug-likeness (QED) is 0.787. The minimum atomic E-state index is -0.0207. The molecule has 2 aromatic heterocycles. The average molecular weight is 315 g/mol. The van der Waals surface area contributed by atoms with Crippen LogP contribution in [0.25, 0.3) is 5.65 Å². The summed E-state index contributed by atoms with van der Waals surface area (Å²) in [5.41, 5.74) is 1.82. The van der Waals surface area contributed by atoms with Gasteiger partial charge in [-0.15, -0.1) is 10.2 Å². The number of aromatic nitrogens is 3. The number of halogens is 1. The number of fused-ring (bicyclic) bond motifs is 1. The number of benzene rings is 1. The second-order valence-electron chi connectivity index (χ2n) is 4.95. The monoisotopic (exact) mass is 314 g/mol. The molecule has 0 spiro atoms. The molecule has 0 aliphatic heterocycles. The van der Waals surface area contributed by atoms with Crippen LogP contribution in [0.1, 0.15) is 17.8 Å². The predicted molar refractivity (Wildman–Crippen MR) is 84.6 cm³/mol. The molecule has 3 rings (SSSR count). The standard InChI is InChI=1S/C16H15ClN4O/c17-13-5-3-4-12(10-13)7-8-16(22)18-11-15-20-19-14-6-1-2-9-21(14)15/h1-6,9-10H,7-8,11H2,(H,18,22). The van der Waals surface area contributed by atoms with Crippen LogP contribution in [0.4, 0.5) is 0 Å². The Labute approximate surface area is 132 Å². The first-order valence-corrected chi connectivity index (χ1v) is 7.40. The van der Waals surface area contributed by atoms with Crippen molar-refractivity contribution in [3.63, 3.8) is 0 Å². The lowest BCUT2D eigenvalue weighted by molar-refractivity contribution is -0.121. The molecule has 0 atom stereocenters. The number of carbonyl (C=O) groups excluding carboxylic acids is 1. The van der Waals surface area contributed by atoms with Gasteiger partial charge >= 0.3 is 0 Å². The molecule has 1 aromatic carbocycles. The van der Waals surface area contributed by atoms with Gasteiger partial charge in [-0.2, -0.15) is 0 Å². The van der Waals surface area contributed by atoms with Gasteiger partial charge in [-0.1, -0.05) is 29.8 Å². The van der Waals surface area contributed by atoms with Gasteiger partial charge in [-0.25, -0.2) is 0 Å². The van der Waals surface area contributed by atoms with Crippen LogP contribution < -0.4 is 5.32 Å². The maximum Gasteiger partial charge on any atom is 0.220 e. The summed E-state index contributed by atoms with van der Waals surface area (Å²) in [6.45, 7) is 0.361. The van der Waals surface area contributed by atoms with E-state index in [1.54, 1.807) is 0 Å². The van der Waals surface area contributed by atoms with E-state index in [-0.39, 0.29) is 5.91 Å². The molecule has 1 N–H and O–H groups in total. The molecule has 0 radical (unpaired) electrons. The lowest BCUT2D eigenvalue weighted by Gasteiger charge is -2.05. The van der Waals surface area contributed by atoms with E-state index in [0.717, 1.165) is 11.2 Å². The lowest BCUT2D eigenvalue weighted by Crippen LogP contribution is -2.24. The van der Waals surface area contributed by atoms with E-state index >= 15 is 0 Å². The molecule has 0 saturated heterocycles. The van der Waals surface area contributed by atoms with Crippen molar-refractivity contribution in [1.82, 2.24) is 19.9 Å². The number of aryl methyl sites for hydroxylation is 1. The summed E-state index contributed by atoms with van der Waals surface area (Å²) in [7, 11) is 0. The van der Waals surface area contributed by atoms with Crippen LogP contribution in [0.2, 0.25) is 5.02 Å². The Morgan fingerprint density at radius 2 is 2.09 bits per heavy atom. The Bertz CT molecular complexity index is 799. The van der Waals surface area contributed by atoms with Gasteiger partial charge in [-0.05, 0) is 36.2 Å². The molecule has 3 aromatic rings. The number of carbonyl (C=O) groups is 1. The molecule has 0 saturated carbocycles. The minimum Gasteiger partial charge on any atom is -0.349 e. The number of nitrogens with one attached hydrogen (secondary N) is 1. The van der Waals surface area contributed by atoms with Gasteiger partial charge < -0.3 is 5.32 Å². The molecule has 0 bridgehead atoms. The first-order valence-electron chi connectivity index (χ1n) is 7.02. The largest absolute Gasteiger partial charge is 0.349 e. The molecule has 0 unspecified atom stereocenters. The molecule has 2 heterocycles. The van der Waals surface area contributed by atoms with Crippen molar-refractivity contribution in [1.29, 1.82) is 0 Å². The Morgan fingerprint density at radius 3 is 2.95 bits per heavy atom. The number of nitrogens with zero attached hydrogens (tertiary/aromatic N) is 3. The van der Waals surface area contributed by atoms with Crippen molar-refractivity contribution in [2.24, 2.45) is 0 Å². The molecule has 22 heavy (non-hydrogen) atoms. The first kappa shape index (κ1) is 14.5. The van der Waals surface area contributed by atoms with E-state index in [0.29, 0.717) is 30.2 Å². The molecule has 6 heteroatoms. The van der Waals surface area contributed by atoms with Crippen LogP contribution in [0.5, 0.6) is 0 Å². The maximum absolute atomic E-state index is 11.9. The summed E-state index contributed by atoms with van der Waals surface area (Å²) < 4.78 is 1.86. The molecule has 0 aliphatic rings. The fourth-order valence-corrected chi connectivity index (χ4v) is 2.44. The van der Waals surface area contributed by atoms with Crippen LogP contribution in [0.15, 0.2) is 48.7 Å². The molecule has 0 aliphatic carbocycles. The van der Waals surface area contributed by atoms with Crippen molar-refractivity contribution in [3.8, 4) is 0 Å². The highest BCUT2D eigenvalue weighted by molar-refractivity contribution is 6.30. The van der Waals surface area contributed by atoms with Gasteiger partial charge in [0.05, 0.1) is 6.54 Å². The summed E-state index contributed by atoms with van der Waals surface area (Å²) in [5, 5.41) is 11.7. The average Bonchev–Trinajstić information content (AvgIpc) is 2.94. The van der Waals surface area contributed by atoms with Crippen molar-refractivity contribution in [2.75, 3.05) is 0 Å². The zero-order chi connectivity index (χ0) is 15.4. The first-order chi connectivity index (χ1) is 10.7. The number of amides is 1. The SMILES string of the molecule is O=C(CCc1cccc(Cl)c1)NCc1nnc2ccccn12. The summed E-state index contributed by atoms with van der Waals surface area (Å²) >= 11 is 5.93. The van der Waals surface area contributed by atoms with E-state index in [2.05, 4.69) is 15.5 Å². The molecular formula is C16H15ClN4O. The van der Waals surface area contributed by atoms with E-state index < -0.39 is 0 Å². The highest BCUT2D eigenvalue weighted by atomic mass is 35.5. The van der Waals surface area contributed by atoms with Gasteiger partial charge in [0.1, 0.15) is 0 Å². The van der Waals surface area contributed by atoms with Crippen LogP contribution in [0.3, 0.4) is 0 Å². The summed E-state index contributed by atoms with van der Waals surface area (Å²) in [6.07, 6.45) is 2.95. The second-order valence-corrected chi connectivity index (χ2v) is 5.39. The zero-order valence-electron chi connectivity index (χ0n) is 11.9. The van der Waals surface area contributed by atoms with Gasteiger partial charge in [0.25, 0.3) is 0 Å². The Balaban J connectivity index is 1.54. The van der Waals surface area contributed by atoms with Crippen LogP contribution in [-0.4, -0.2) is 20.5 Å². The van der Waals surface area contributed by atoms with Gasteiger partial charge in [-0.3, -0.25) is 9.20 Å². The second kappa shape index (κ2) is 6.58. The van der Waals surface area contributed by atoms with E-state index in [1.165, 1.54) is 0 Å². The fourth-order valence-electron chi connectivity index (χ4n) is 2.23. The zero-order valence-corrected chi connectivity index (χ0v) is 12.6. The van der Waals surface area contributed by atoms with E-state index in [4.69, 9.17) is 11.6 Å². The van der Waals surface area contributed by atoms with Gasteiger partial charge in [0, 0.05) is 17.6 Å². The summed E-state index contributed by atoms with van der Waals surface area (Å²) in [5.74, 6) is 0.694. The Morgan fingerprint density at radius 1 is 1.18 bits per heavy atom. The normalized spacial score (nSPS) is 10.8. The highest BCUT2D eigenvalue weighted by Crippen LogP contribution is 2.12. The molecule has 0 fully saturated rings. The van der Waals surface area contributed by atoms with Crippen LogP contribution >= 0.6 is 11.6 Å². The Kier molecular flexibility index (Phi) is 4.34. The Hall–Kier alpha value is -2.40. The van der Waals surface area contributed by atoms with Gasteiger partial charge in [0.15, 0.2) is 11.5 Å². The van der Waals surface area contributed by atoms with Crippen molar-refractivity contribution < 1.29 is 4.79 Å².